The van der Waals surface area contributed by atoms with Crippen LogP contribution >= 0.6 is 0 Å². The molecule has 17 heavy (non-hydrogen) atoms. The zero-order chi connectivity index (χ0) is 12.8. The van der Waals surface area contributed by atoms with E-state index in [4.69, 9.17) is 0 Å². The smallest absolute Gasteiger partial charge is 0.250 e. The third-order valence-electron chi connectivity index (χ3n) is 3.29. The summed E-state index contributed by atoms with van der Waals surface area (Å²) in [5.74, 6) is -1.74. The fourth-order valence-electron chi connectivity index (χ4n) is 2.15. The van der Waals surface area contributed by atoms with Gasteiger partial charge in [-0.05, 0) is 6.42 Å². The summed E-state index contributed by atoms with van der Waals surface area (Å²) >= 11 is 0. The number of amides is 4. The van der Waals surface area contributed by atoms with Gasteiger partial charge in [0, 0.05) is 11.8 Å². The minimum atomic E-state index is -0.956. The Balaban J connectivity index is 2.29. The average molecular weight is 238 g/mol. The highest BCUT2D eigenvalue weighted by atomic mass is 16.2. The van der Waals surface area contributed by atoms with Gasteiger partial charge in [-0.15, -0.1) is 0 Å². The molecule has 0 aromatic heterocycles. The van der Waals surface area contributed by atoms with Gasteiger partial charge < -0.3 is 0 Å². The second-order valence-corrected chi connectivity index (χ2v) is 5.09. The molecule has 1 unspecified atom stereocenters. The summed E-state index contributed by atoms with van der Waals surface area (Å²) in [6.45, 7) is 3.48. The molecule has 4 amide bonds. The SMILES string of the molecule is CC1(C)CCC(=O)N(C2CC(=O)NC2=O)C1=O. The van der Waals surface area contributed by atoms with Crippen molar-refractivity contribution in [1.82, 2.24) is 10.2 Å². The van der Waals surface area contributed by atoms with Crippen LogP contribution in [0.4, 0.5) is 0 Å². The summed E-state index contributed by atoms with van der Waals surface area (Å²) in [6.07, 6.45) is 0.590. The Bertz CT molecular complexity index is 427. The molecule has 0 aliphatic carbocycles. The molecule has 2 fully saturated rings. The van der Waals surface area contributed by atoms with Gasteiger partial charge in [-0.25, -0.2) is 0 Å². The Hall–Kier alpha value is -1.72. The van der Waals surface area contributed by atoms with Crippen molar-refractivity contribution in [3.8, 4) is 0 Å². The Labute approximate surface area is 98.3 Å². The average Bonchev–Trinajstić information content (AvgIpc) is 2.54. The zero-order valence-electron chi connectivity index (χ0n) is 9.78. The lowest BCUT2D eigenvalue weighted by Gasteiger charge is -2.37. The lowest BCUT2D eigenvalue weighted by molar-refractivity contribution is -0.161. The molecule has 0 aromatic carbocycles. The van der Waals surface area contributed by atoms with Gasteiger partial charge in [0.05, 0.1) is 6.42 Å². The van der Waals surface area contributed by atoms with E-state index in [9.17, 15) is 19.2 Å². The Morgan fingerprint density at radius 2 is 1.88 bits per heavy atom. The van der Waals surface area contributed by atoms with Crippen molar-refractivity contribution in [2.24, 2.45) is 5.41 Å². The van der Waals surface area contributed by atoms with Crippen molar-refractivity contribution in [2.75, 3.05) is 0 Å². The van der Waals surface area contributed by atoms with Crippen LogP contribution in [0.5, 0.6) is 0 Å². The van der Waals surface area contributed by atoms with Crippen molar-refractivity contribution in [1.29, 1.82) is 0 Å². The van der Waals surface area contributed by atoms with Crippen LogP contribution in [0.1, 0.15) is 33.1 Å². The standard InChI is InChI=1S/C11H14N2O4/c1-11(2)4-3-8(15)13(10(11)17)6-5-7(14)12-9(6)16/h6H,3-5H2,1-2H3,(H,12,14,16). The van der Waals surface area contributed by atoms with E-state index in [0.717, 1.165) is 4.90 Å². The molecule has 2 aliphatic heterocycles. The van der Waals surface area contributed by atoms with Crippen LogP contribution in [0.2, 0.25) is 0 Å². The second kappa shape index (κ2) is 3.65. The summed E-state index contributed by atoms with van der Waals surface area (Å²) in [5.41, 5.74) is -0.653. The van der Waals surface area contributed by atoms with E-state index in [0.29, 0.717) is 6.42 Å². The van der Waals surface area contributed by atoms with Gasteiger partial charge >= 0.3 is 0 Å². The number of rotatable bonds is 1. The van der Waals surface area contributed by atoms with E-state index < -0.39 is 23.3 Å². The third kappa shape index (κ3) is 1.83. The van der Waals surface area contributed by atoms with Gasteiger partial charge in [-0.2, -0.15) is 0 Å². The first-order chi connectivity index (χ1) is 7.83. The quantitative estimate of drug-likeness (QED) is 0.629. The van der Waals surface area contributed by atoms with Crippen LogP contribution in [0.25, 0.3) is 0 Å². The Morgan fingerprint density at radius 1 is 1.24 bits per heavy atom. The summed E-state index contributed by atoms with van der Waals surface area (Å²) in [4.78, 5) is 47.4. The number of nitrogens with one attached hydrogen (secondary N) is 1. The molecular weight excluding hydrogens is 224 g/mol. The van der Waals surface area contributed by atoms with E-state index >= 15 is 0 Å². The Kier molecular flexibility index (Phi) is 2.52. The number of carbonyl (C=O) groups excluding carboxylic acids is 4. The Morgan fingerprint density at radius 3 is 2.41 bits per heavy atom. The number of carbonyl (C=O) groups is 4. The highest BCUT2D eigenvalue weighted by Gasteiger charge is 2.48. The third-order valence-corrected chi connectivity index (χ3v) is 3.29. The molecule has 0 spiro atoms. The lowest BCUT2D eigenvalue weighted by atomic mass is 9.82. The van der Waals surface area contributed by atoms with Crippen molar-refractivity contribution in [3.63, 3.8) is 0 Å². The van der Waals surface area contributed by atoms with E-state index in [-0.39, 0.29) is 24.7 Å². The predicted molar refractivity (Wildman–Crippen MR) is 56.4 cm³/mol. The van der Waals surface area contributed by atoms with Crippen molar-refractivity contribution in [2.45, 2.75) is 39.2 Å². The molecule has 6 heteroatoms. The van der Waals surface area contributed by atoms with Gasteiger partial charge in [-0.1, -0.05) is 13.8 Å². The molecule has 0 bridgehead atoms. The maximum atomic E-state index is 12.1. The molecule has 1 N–H and O–H groups in total. The summed E-state index contributed by atoms with van der Waals surface area (Å²) in [6, 6.07) is -0.956. The van der Waals surface area contributed by atoms with E-state index in [1.807, 2.05) is 0 Å². The maximum absolute atomic E-state index is 12.1. The number of hydrogen-bond acceptors (Lipinski definition) is 4. The van der Waals surface area contributed by atoms with E-state index in [1.165, 1.54) is 0 Å². The van der Waals surface area contributed by atoms with Gasteiger partial charge in [0.2, 0.25) is 23.6 Å². The molecule has 0 radical (unpaired) electrons. The van der Waals surface area contributed by atoms with E-state index in [1.54, 1.807) is 13.8 Å². The second-order valence-electron chi connectivity index (χ2n) is 5.09. The first kappa shape index (κ1) is 11.8. The summed E-state index contributed by atoms with van der Waals surface area (Å²) < 4.78 is 0. The van der Waals surface area contributed by atoms with Gasteiger partial charge in [0.15, 0.2) is 0 Å². The molecule has 2 heterocycles. The minimum absolute atomic E-state index is 0.119. The normalized spacial score (nSPS) is 28.6. The maximum Gasteiger partial charge on any atom is 0.250 e. The van der Waals surface area contributed by atoms with Crippen molar-refractivity contribution < 1.29 is 19.2 Å². The van der Waals surface area contributed by atoms with Gasteiger partial charge in [-0.3, -0.25) is 29.4 Å². The largest absolute Gasteiger partial charge is 0.295 e. The molecule has 6 nitrogen and oxygen atoms in total. The van der Waals surface area contributed by atoms with Gasteiger partial charge in [0.1, 0.15) is 6.04 Å². The predicted octanol–water partition coefficient (Wildman–Crippen LogP) is -0.423. The summed E-state index contributed by atoms with van der Waals surface area (Å²) in [7, 11) is 0. The van der Waals surface area contributed by atoms with Crippen LogP contribution in [-0.2, 0) is 19.2 Å². The zero-order valence-corrected chi connectivity index (χ0v) is 9.78. The summed E-state index contributed by atoms with van der Waals surface area (Å²) in [5, 5.41) is 2.11. The molecule has 92 valence electrons. The number of imide groups is 2. The first-order valence-electron chi connectivity index (χ1n) is 5.53. The van der Waals surface area contributed by atoms with Crippen molar-refractivity contribution >= 4 is 23.6 Å². The minimum Gasteiger partial charge on any atom is -0.295 e. The molecule has 0 aromatic rings. The molecule has 2 rings (SSSR count). The van der Waals surface area contributed by atoms with Crippen molar-refractivity contribution in [3.05, 3.63) is 0 Å². The molecule has 2 saturated heterocycles. The topological polar surface area (TPSA) is 83.6 Å². The fourth-order valence-corrected chi connectivity index (χ4v) is 2.15. The fraction of sp³-hybridized carbons (Fsp3) is 0.636. The van der Waals surface area contributed by atoms with Gasteiger partial charge in [0.25, 0.3) is 0 Å². The molecule has 0 saturated carbocycles. The molecular formula is C11H14N2O4. The van der Waals surface area contributed by atoms with Crippen LogP contribution in [0.15, 0.2) is 0 Å². The number of nitrogens with zero attached hydrogens (tertiary/aromatic N) is 1. The molecule has 2 aliphatic rings. The molecule has 1 atom stereocenters. The number of piperidine rings is 1. The number of likely N-dealkylation sites (tertiary alicyclic amines) is 1. The highest BCUT2D eigenvalue weighted by molar-refractivity contribution is 6.11. The van der Waals surface area contributed by atoms with Crippen LogP contribution in [0.3, 0.4) is 0 Å². The van der Waals surface area contributed by atoms with Crippen LogP contribution in [0, 0.1) is 5.41 Å². The van der Waals surface area contributed by atoms with E-state index in [2.05, 4.69) is 5.32 Å². The van der Waals surface area contributed by atoms with Crippen LogP contribution in [-0.4, -0.2) is 34.6 Å². The monoisotopic (exact) mass is 238 g/mol. The number of hydrogen-bond donors (Lipinski definition) is 1. The lowest BCUT2D eigenvalue weighted by Crippen LogP contribution is -2.55. The highest BCUT2D eigenvalue weighted by Crippen LogP contribution is 2.32. The van der Waals surface area contributed by atoms with Crippen LogP contribution < -0.4 is 5.32 Å². The first-order valence-corrected chi connectivity index (χ1v) is 5.53.